The zero-order valence-electron chi connectivity index (χ0n) is 12.1. The normalized spacial score (nSPS) is 24.4. The molecule has 2 unspecified atom stereocenters. The first-order valence-electron chi connectivity index (χ1n) is 6.97. The second-order valence-corrected chi connectivity index (χ2v) is 8.05. The Bertz CT molecular complexity index is 341. The topological polar surface area (TPSA) is 49.4 Å². The molecule has 0 aromatic rings. The van der Waals surface area contributed by atoms with Crippen molar-refractivity contribution in [1.29, 1.82) is 0 Å². The summed E-state index contributed by atoms with van der Waals surface area (Å²) in [4.78, 5) is 0. The van der Waals surface area contributed by atoms with Gasteiger partial charge in [0.25, 0.3) is 0 Å². The van der Waals surface area contributed by atoms with Crippen molar-refractivity contribution >= 4 is 10.0 Å². The monoisotopic (exact) mass is 276 g/mol. The fraction of sp³-hybridized carbons (Fsp3) is 1.00. The van der Waals surface area contributed by atoms with E-state index in [2.05, 4.69) is 26.1 Å². The third-order valence-electron chi connectivity index (χ3n) is 3.53. The molecule has 18 heavy (non-hydrogen) atoms. The van der Waals surface area contributed by atoms with Crippen LogP contribution in [0, 0.1) is 11.8 Å². The zero-order valence-corrected chi connectivity index (χ0v) is 13.0. The van der Waals surface area contributed by atoms with E-state index in [1.165, 1.54) is 12.7 Å². The van der Waals surface area contributed by atoms with E-state index in [1.54, 1.807) is 4.31 Å². The van der Waals surface area contributed by atoms with Gasteiger partial charge in [-0.15, -0.1) is 0 Å². The molecule has 108 valence electrons. The van der Waals surface area contributed by atoms with Crippen LogP contribution in [0.15, 0.2) is 0 Å². The van der Waals surface area contributed by atoms with Crippen LogP contribution in [0.25, 0.3) is 0 Å². The van der Waals surface area contributed by atoms with Gasteiger partial charge in [0.05, 0.1) is 6.26 Å². The van der Waals surface area contributed by atoms with Crippen LogP contribution in [0.4, 0.5) is 0 Å². The Morgan fingerprint density at radius 3 is 2.56 bits per heavy atom. The summed E-state index contributed by atoms with van der Waals surface area (Å²) in [5.74, 6) is 1.16. The molecule has 1 aliphatic rings. The van der Waals surface area contributed by atoms with Crippen molar-refractivity contribution < 1.29 is 8.42 Å². The summed E-state index contributed by atoms with van der Waals surface area (Å²) in [6.45, 7) is 8.96. The van der Waals surface area contributed by atoms with E-state index in [9.17, 15) is 8.42 Å². The minimum Gasteiger partial charge on any atom is -0.314 e. The molecule has 1 aliphatic heterocycles. The molecule has 0 spiro atoms. The average Bonchev–Trinajstić information content (AvgIpc) is 2.25. The van der Waals surface area contributed by atoms with Gasteiger partial charge in [-0.05, 0) is 44.6 Å². The summed E-state index contributed by atoms with van der Waals surface area (Å²) in [7, 11) is -3.01. The number of hydrogen-bond donors (Lipinski definition) is 1. The van der Waals surface area contributed by atoms with Crippen LogP contribution in [-0.4, -0.2) is 44.7 Å². The van der Waals surface area contributed by atoms with Gasteiger partial charge in [-0.1, -0.05) is 13.8 Å². The SMILES string of the molecule is CC(C)CC(C)NCC1CCCN(S(C)(=O)=O)C1. The van der Waals surface area contributed by atoms with Gasteiger partial charge in [0.2, 0.25) is 10.0 Å². The van der Waals surface area contributed by atoms with Crippen LogP contribution >= 0.6 is 0 Å². The summed E-state index contributed by atoms with van der Waals surface area (Å²) in [5.41, 5.74) is 0. The van der Waals surface area contributed by atoms with Crippen LogP contribution in [0.3, 0.4) is 0 Å². The molecule has 1 rings (SSSR count). The van der Waals surface area contributed by atoms with Gasteiger partial charge in [0.1, 0.15) is 0 Å². The Kier molecular flexibility index (Phi) is 6.08. The predicted molar refractivity (Wildman–Crippen MR) is 76.1 cm³/mol. The highest BCUT2D eigenvalue weighted by atomic mass is 32.2. The molecule has 0 radical (unpaired) electrons. The Morgan fingerprint density at radius 2 is 2.00 bits per heavy atom. The number of hydrogen-bond acceptors (Lipinski definition) is 3. The van der Waals surface area contributed by atoms with E-state index in [4.69, 9.17) is 0 Å². The fourth-order valence-electron chi connectivity index (χ4n) is 2.65. The smallest absolute Gasteiger partial charge is 0.211 e. The Balaban J connectivity index is 2.35. The molecule has 1 saturated heterocycles. The molecule has 5 heteroatoms. The minimum atomic E-state index is -3.01. The first-order valence-corrected chi connectivity index (χ1v) is 8.82. The summed E-state index contributed by atoms with van der Waals surface area (Å²) < 4.78 is 24.7. The number of nitrogens with one attached hydrogen (secondary N) is 1. The maximum Gasteiger partial charge on any atom is 0.211 e. The minimum absolute atomic E-state index is 0.461. The van der Waals surface area contributed by atoms with Gasteiger partial charge < -0.3 is 5.32 Å². The number of sulfonamides is 1. The van der Waals surface area contributed by atoms with Gasteiger partial charge in [-0.3, -0.25) is 0 Å². The van der Waals surface area contributed by atoms with Crippen molar-refractivity contribution in [2.45, 2.75) is 46.1 Å². The lowest BCUT2D eigenvalue weighted by molar-refractivity contribution is 0.253. The van der Waals surface area contributed by atoms with Crippen LogP contribution in [0.5, 0.6) is 0 Å². The van der Waals surface area contributed by atoms with E-state index in [0.717, 1.165) is 19.4 Å². The Morgan fingerprint density at radius 1 is 1.33 bits per heavy atom. The van der Waals surface area contributed by atoms with Crippen molar-refractivity contribution in [2.75, 3.05) is 25.9 Å². The zero-order chi connectivity index (χ0) is 13.8. The van der Waals surface area contributed by atoms with E-state index < -0.39 is 10.0 Å². The van der Waals surface area contributed by atoms with Gasteiger partial charge >= 0.3 is 0 Å². The Hall–Kier alpha value is -0.130. The summed E-state index contributed by atoms with van der Waals surface area (Å²) in [6.07, 6.45) is 4.60. The molecular formula is C13H28N2O2S. The van der Waals surface area contributed by atoms with E-state index in [-0.39, 0.29) is 0 Å². The molecular weight excluding hydrogens is 248 g/mol. The average molecular weight is 276 g/mol. The van der Waals surface area contributed by atoms with Crippen LogP contribution in [0.2, 0.25) is 0 Å². The third kappa shape index (κ3) is 5.67. The van der Waals surface area contributed by atoms with Crippen LogP contribution < -0.4 is 5.32 Å². The lowest BCUT2D eigenvalue weighted by Crippen LogP contribution is -2.43. The predicted octanol–water partition coefficient (Wildman–Crippen LogP) is 1.68. The largest absolute Gasteiger partial charge is 0.314 e. The van der Waals surface area contributed by atoms with Crippen molar-refractivity contribution in [1.82, 2.24) is 9.62 Å². The first kappa shape index (κ1) is 15.9. The molecule has 4 nitrogen and oxygen atoms in total. The Labute approximate surface area is 112 Å². The second-order valence-electron chi connectivity index (χ2n) is 6.07. The molecule has 1 N–H and O–H groups in total. The van der Waals surface area contributed by atoms with Crippen LogP contribution in [0.1, 0.15) is 40.0 Å². The lowest BCUT2D eigenvalue weighted by Gasteiger charge is -2.32. The molecule has 1 fully saturated rings. The van der Waals surface area contributed by atoms with Gasteiger partial charge in [-0.2, -0.15) is 0 Å². The molecule has 0 bridgehead atoms. The molecule has 1 heterocycles. The molecule has 0 amide bonds. The quantitative estimate of drug-likeness (QED) is 0.803. The standard InChI is InChI=1S/C13H28N2O2S/c1-11(2)8-12(3)14-9-13-6-5-7-15(10-13)18(4,16)17/h11-14H,5-10H2,1-4H3. The molecule has 2 atom stereocenters. The van der Waals surface area contributed by atoms with Crippen LogP contribution in [-0.2, 0) is 10.0 Å². The highest BCUT2D eigenvalue weighted by molar-refractivity contribution is 7.88. The maximum atomic E-state index is 11.5. The van der Waals surface area contributed by atoms with Crippen molar-refractivity contribution in [3.8, 4) is 0 Å². The molecule has 0 aromatic heterocycles. The van der Waals surface area contributed by atoms with Crippen molar-refractivity contribution in [3.63, 3.8) is 0 Å². The number of rotatable bonds is 6. The fourth-order valence-corrected chi connectivity index (χ4v) is 3.60. The van der Waals surface area contributed by atoms with E-state index >= 15 is 0 Å². The summed E-state index contributed by atoms with van der Waals surface area (Å²) in [5, 5.41) is 3.53. The highest BCUT2D eigenvalue weighted by Crippen LogP contribution is 2.18. The maximum absolute atomic E-state index is 11.5. The highest BCUT2D eigenvalue weighted by Gasteiger charge is 2.25. The molecule has 0 aliphatic carbocycles. The van der Waals surface area contributed by atoms with Gasteiger partial charge in [-0.25, -0.2) is 12.7 Å². The van der Waals surface area contributed by atoms with E-state index in [1.807, 2.05) is 0 Å². The molecule has 0 aromatic carbocycles. The molecule has 0 saturated carbocycles. The third-order valence-corrected chi connectivity index (χ3v) is 4.80. The van der Waals surface area contributed by atoms with Crippen molar-refractivity contribution in [3.05, 3.63) is 0 Å². The second kappa shape index (κ2) is 6.87. The lowest BCUT2D eigenvalue weighted by atomic mass is 9.98. The number of nitrogens with zero attached hydrogens (tertiary/aromatic N) is 1. The van der Waals surface area contributed by atoms with Crippen molar-refractivity contribution in [2.24, 2.45) is 11.8 Å². The van der Waals surface area contributed by atoms with Gasteiger partial charge in [0, 0.05) is 19.1 Å². The summed E-state index contributed by atoms with van der Waals surface area (Å²) in [6, 6.07) is 0.513. The summed E-state index contributed by atoms with van der Waals surface area (Å²) >= 11 is 0. The van der Waals surface area contributed by atoms with Gasteiger partial charge in [0.15, 0.2) is 0 Å². The number of piperidine rings is 1. The van der Waals surface area contributed by atoms with E-state index in [0.29, 0.717) is 31.0 Å². The first-order chi connectivity index (χ1) is 8.29.